The standard InChI is InChI=1S/C18H19NO2/c1-12-8-9-16-15(10-12)17(20)11-13(2)19(16)18(21)14-6-4-3-5-7-14/h3-10,13,17,20H,11H2,1-2H3/t13-,17+/m1/s1. The molecule has 3 heteroatoms. The molecule has 0 saturated heterocycles. The van der Waals surface area contributed by atoms with Crippen LogP contribution in [0.3, 0.4) is 0 Å². The third kappa shape index (κ3) is 2.45. The first kappa shape index (κ1) is 13.8. The molecular formula is C18H19NO2. The Morgan fingerprint density at radius 3 is 2.62 bits per heavy atom. The highest BCUT2D eigenvalue weighted by Gasteiger charge is 2.33. The zero-order chi connectivity index (χ0) is 15.0. The molecule has 3 rings (SSSR count). The first-order chi connectivity index (χ1) is 10.1. The van der Waals surface area contributed by atoms with E-state index in [-0.39, 0.29) is 11.9 Å². The molecule has 2 atom stereocenters. The quantitative estimate of drug-likeness (QED) is 0.869. The average Bonchev–Trinajstić information content (AvgIpc) is 2.48. The number of fused-ring (bicyclic) bond motifs is 1. The maximum absolute atomic E-state index is 12.8. The molecule has 1 amide bonds. The summed E-state index contributed by atoms with van der Waals surface area (Å²) in [6.07, 6.45) is 0.0596. The number of aliphatic hydroxyl groups is 1. The van der Waals surface area contributed by atoms with Crippen molar-refractivity contribution in [1.82, 2.24) is 0 Å². The monoisotopic (exact) mass is 281 g/mol. The van der Waals surface area contributed by atoms with E-state index < -0.39 is 6.10 Å². The molecule has 1 aliphatic heterocycles. The summed E-state index contributed by atoms with van der Waals surface area (Å²) in [5.41, 5.74) is 3.43. The number of carbonyl (C=O) groups excluding carboxylic acids is 1. The van der Waals surface area contributed by atoms with Crippen LogP contribution < -0.4 is 4.90 Å². The van der Waals surface area contributed by atoms with Crippen LogP contribution in [-0.4, -0.2) is 17.1 Å². The van der Waals surface area contributed by atoms with Crippen LogP contribution in [0.4, 0.5) is 5.69 Å². The average molecular weight is 281 g/mol. The smallest absolute Gasteiger partial charge is 0.258 e. The van der Waals surface area contributed by atoms with Gasteiger partial charge in [0.15, 0.2) is 0 Å². The first-order valence-electron chi connectivity index (χ1n) is 7.25. The molecule has 0 aromatic heterocycles. The lowest BCUT2D eigenvalue weighted by Crippen LogP contribution is -2.43. The zero-order valence-electron chi connectivity index (χ0n) is 12.3. The fourth-order valence-electron chi connectivity index (χ4n) is 2.98. The van der Waals surface area contributed by atoms with Gasteiger partial charge in [-0.2, -0.15) is 0 Å². The summed E-state index contributed by atoms with van der Waals surface area (Å²) >= 11 is 0. The maximum atomic E-state index is 12.8. The summed E-state index contributed by atoms with van der Waals surface area (Å²) in [6, 6.07) is 15.2. The van der Waals surface area contributed by atoms with E-state index in [1.54, 1.807) is 4.90 Å². The van der Waals surface area contributed by atoms with Crippen molar-refractivity contribution in [3.05, 3.63) is 65.2 Å². The van der Waals surface area contributed by atoms with Crippen molar-refractivity contribution in [3.8, 4) is 0 Å². The molecule has 2 aromatic carbocycles. The van der Waals surface area contributed by atoms with Gasteiger partial charge in [-0.3, -0.25) is 4.79 Å². The Balaban J connectivity index is 2.07. The number of hydrogen-bond acceptors (Lipinski definition) is 2. The lowest BCUT2D eigenvalue weighted by atomic mass is 9.92. The molecular weight excluding hydrogens is 262 g/mol. The molecule has 0 bridgehead atoms. The zero-order valence-corrected chi connectivity index (χ0v) is 12.3. The summed E-state index contributed by atoms with van der Waals surface area (Å²) in [4.78, 5) is 14.6. The number of aryl methyl sites for hydroxylation is 1. The fourth-order valence-corrected chi connectivity index (χ4v) is 2.98. The number of rotatable bonds is 1. The third-order valence-electron chi connectivity index (χ3n) is 4.05. The molecule has 21 heavy (non-hydrogen) atoms. The number of benzene rings is 2. The summed E-state index contributed by atoms with van der Waals surface area (Å²) in [7, 11) is 0. The van der Waals surface area contributed by atoms with Crippen LogP contribution in [0.5, 0.6) is 0 Å². The van der Waals surface area contributed by atoms with Gasteiger partial charge in [0, 0.05) is 17.2 Å². The molecule has 3 nitrogen and oxygen atoms in total. The van der Waals surface area contributed by atoms with Crippen molar-refractivity contribution < 1.29 is 9.90 Å². The second kappa shape index (κ2) is 5.34. The number of nitrogens with zero attached hydrogens (tertiary/aromatic N) is 1. The van der Waals surface area contributed by atoms with Gasteiger partial charge in [-0.25, -0.2) is 0 Å². The predicted molar refractivity (Wildman–Crippen MR) is 83.5 cm³/mol. The van der Waals surface area contributed by atoms with Crippen LogP contribution in [0, 0.1) is 6.92 Å². The second-order valence-electron chi connectivity index (χ2n) is 5.70. The van der Waals surface area contributed by atoms with Crippen molar-refractivity contribution in [2.45, 2.75) is 32.4 Å². The number of aliphatic hydroxyl groups excluding tert-OH is 1. The summed E-state index contributed by atoms with van der Waals surface area (Å²) in [5.74, 6) is -0.0138. The van der Waals surface area contributed by atoms with Gasteiger partial charge in [0.1, 0.15) is 0 Å². The lowest BCUT2D eigenvalue weighted by Gasteiger charge is -2.38. The molecule has 2 aromatic rings. The SMILES string of the molecule is Cc1ccc2c(c1)[C@@H](O)C[C@@H](C)N2C(=O)c1ccccc1. The Labute approximate surface area is 124 Å². The van der Waals surface area contributed by atoms with Crippen LogP contribution in [0.25, 0.3) is 0 Å². The Morgan fingerprint density at radius 1 is 1.19 bits per heavy atom. The highest BCUT2D eigenvalue weighted by Crippen LogP contribution is 2.38. The van der Waals surface area contributed by atoms with Gasteiger partial charge < -0.3 is 10.0 Å². The Kier molecular flexibility index (Phi) is 3.52. The minimum absolute atomic E-state index is 0.0138. The van der Waals surface area contributed by atoms with Crippen molar-refractivity contribution in [3.63, 3.8) is 0 Å². The van der Waals surface area contributed by atoms with Gasteiger partial charge in [-0.05, 0) is 38.5 Å². The Hall–Kier alpha value is -2.13. The summed E-state index contributed by atoms with van der Waals surface area (Å²) < 4.78 is 0. The van der Waals surface area contributed by atoms with Crippen molar-refractivity contribution in [1.29, 1.82) is 0 Å². The van der Waals surface area contributed by atoms with Gasteiger partial charge in [-0.15, -0.1) is 0 Å². The van der Waals surface area contributed by atoms with E-state index in [9.17, 15) is 9.90 Å². The molecule has 1 heterocycles. The lowest BCUT2D eigenvalue weighted by molar-refractivity contribution is 0.0949. The third-order valence-corrected chi connectivity index (χ3v) is 4.05. The van der Waals surface area contributed by atoms with E-state index in [2.05, 4.69) is 0 Å². The second-order valence-corrected chi connectivity index (χ2v) is 5.70. The van der Waals surface area contributed by atoms with E-state index in [0.717, 1.165) is 16.8 Å². The van der Waals surface area contributed by atoms with Crippen LogP contribution in [0.1, 0.15) is 40.9 Å². The van der Waals surface area contributed by atoms with Gasteiger partial charge in [-0.1, -0.05) is 35.9 Å². The predicted octanol–water partition coefficient (Wildman–Crippen LogP) is 3.47. The topological polar surface area (TPSA) is 40.5 Å². The molecule has 108 valence electrons. The molecule has 0 aliphatic carbocycles. The number of carbonyl (C=O) groups is 1. The Bertz CT molecular complexity index is 666. The summed E-state index contributed by atoms with van der Waals surface area (Å²) in [5, 5.41) is 10.3. The van der Waals surface area contributed by atoms with Crippen LogP contribution in [0.15, 0.2) is 48.5 Å². The van der Waals surface area contributed by atoms with Gasteiger partial charge in [0.05, 0.1) is 11.8 Å². The minimum atomic E-state index is -0.505. The van der Waals surface area contributed by atoms with Crippen LogP contribution >= 0.6 is 0 Å². The van der Waals surface area contributed by atoms with Crippen molar-refractivity contribution in [2.75, 3.05) is 4.90 Å². The molecule has 1 aliphatic rings. The van der Waals surface area contributed by atoms with Gasteiger partial charge in [0.25, 0.3) is 5.91 Å². The van der Waals surface area contributed by atoms with Gasteiger partial charge in [0.2, 0.25) is 0 Å². The molecule has 0 saturated carbocycles. The van der Waals surface area contributed by atoms with Crippen molar-refractivity contribution >= 4 is 11.6 Å². The molecule has 0 spiro atoms. The number of amides is 1. The van der Waals surface area contributed by atoms with E-state index in [1.807, 2.05) is 62.4 Å². The van der Waals surface area contributed by atoms with E-state index in [4.69, 9.17) is 0 Å². The molecule has 0 unspecified atom stereocenters. The maximum Gasteiger partial charge on any atom is 0.258 e. The molecule has 0 radical (unpaired) electrons. The van der Waals surface area contributed by atoms with Gasteiger partial charge >= 0.3 is 0 Å². The number of hydrogen-bond donors (Lipinski definition) is 1. The normalized spacial score (nSPS) is 21.0. The van der Waals surface area contributed by atoms with E-state index in [1.165, 1.54) is 0 Å². The fraction of sp³-hybridized carbons (Fsp3) is 0.278. The van der Waals surface area contributed by atoms with E-state index in [0.29, 0.717) is 12.0 Å². The number of anilines is 1. The largest absolute Gasteiger partial charge is 0.388 e. The van der Waals surface area contributed by atoms with E-state index >= 15 is 0 Å². The molecule has 0 fully saturated rings. The van der Waals surface area contributed by atoms with Crippen LogP contribution in [-0.2, 0) is 0 Å². The minimum Gasteiger partial charge on any atom is -0.388 e. The van der Waals surface area contributed by atoms with Crippen molar-refractivity contribution in [2.24, 2.45) is 0 Å². The Morgan fingerprint density at radius 2 is 1.90 bits per heavy atom. The summed E-state index contributed by atoms with van der Waals surface area (Å²) in [6.45, 7) is 3.97. The first-order valence-corrected chi connectivity index (χ1v) is 7.25. The molecule has 1 N–H and O–H groups in total. The highest BCUT2D eigenvalue weighted by molar-refractivity contribution is 6.07. The van der Waals surface area contributed by atoms with Crippen LogP contribution in [0.2, 0.25) is 0 Å². The highest BCUT2D eigenvalue weighted by atomic mass is 16.3.